The molecule has 0 aliphatic carbocycles. The number of rotatable bonds is 7. The lowest BCUT2D eigenvalue weighted by Crippen LogP contribution is -2.36. The summed E-state index contributed by atoms with van der Waals surface area (Å²) in [4.78, 5) is 38.5. The minimum Gasteiger partial charge on any atom is -0.493 e. The van der Waals surface area contributed by atoms with Gasteiger partial charge in [-0.2, -0.15) is 0 Å². The van der Waals surface area contributed by atoms with E-state index in [0.29, 0.717) is 27.2 Å². The van der Waals surface area contributed by atoms with Gasteiger partial charge in [0, 0.05) is 5.69 Å². The van der Waals surface area contributed by atoms with E-state index in [4.69, 9.17) is 15.9 Å². The van der Waals surface area contributed by atoms with Crippen molar-refractivity contribution in [2.24, 2.45) is 0 Å². The van der Waals surface area contributed by atoms with Gasteiger partial charge in [0.15, 0.2) is 11.5 Å². The van der Waals surface area contributed by atoms with Crippen molar-refractivity contribution in [1.82, 2.24) is 4.90 Å². The highest BCUT2D eigenvalue weighted by Crippen LogP contribution is 2.39. The summed E-state index contributed by atoms with van der Waals surface area (Å²) >= 11 is 4.17. The summed E-state index contributed by atoms with van der Waals surface area (Å²) in [7, 11) is 1.48. The van der Waals surface area contributed by atoms with Crippen LogP contribution in [0.25, 0.3) is 6.08 Å². The maximum atomic E-state index is 12.7. The van der Waals surface area contributed by atoms with Crippen molar-refractivity contribution < 1.29 is 23.9 Å². The van der Waals surface area contributed by atoms with Crippen LogP contribution in [0.4, 0.5) is 10.5 Å². The fourth-order valence-electron chi connectivity index (χ4n) is 2.85. The number of hydrogen-bond acceptors (Lipinski definition) is 6. The Balaban J connectivity index is 1.75. The van der Waals surface area contributed by atoms with Crippen LogP contribution in [0.1, 0.15) is 11.1 Å². The molecule has 1 fully saturated rings. The van der Waals surface area contributed by atoms with Gasteiger partial charge in [-0.15, -0.1) is 6.42 Å². The Morgan fingerprint density at radius 2 is 2.00 bits per heavy atom. The number of halogens is 1. The van der Waals surface area contributed by atoms with E-state index in [1.54, 1.807) is 30.3 Å². The molecule has 0 spiro atoms. The Hall–Kier alpha value is -3.22. The van der Waals surface area contributed by atoms with Crippen molar-refractivity contribution >= 4 is 56.5 Å². The summed E-state index contributed by atoms with van der Waals surface area (Å²) in [6.45, 7) is 1.63. The van der Waals surface area contributed by atoms with Gasteiger partial charge in [-0.3, -0.25) is 19.3 Å². The number of hydrogen-bond donors (Lipinski definition) is 1. The zero-order valence-electron chi connectivity index (χ0n) is 17.3. The first-order valence-electron chi connectivity index (χ1n) is 9.38. The Morgan fingerprint density at radius 1 is 1.28 bits per heavy atom. The fourth-order valence-corrected chi connectivity index (χ4v) is 4.26. The van der Waals surface area contributed by atoms with E-state index in [0.717, 1.165) is 22.2 Å². The van der Waals surface area contributed by atoms with Crippen LogP contribution in [-0.2, 0) is 9.59 Å². The first kappa shape index (κ1) is 23.4. The molecule has 1 saturated heterocycles. The van der Waals surface area contributed by atoms with Crippen molar-refractivity contribution in [2.75, 3.05) is 25.6 Å². The quantitative estimate of drug-likeness (QED) is 0.433. The van der Waals surface area contributed by atoms with Gasteiger partial charge in [0.25, 0.3) is 11.1 Å². The third kappa shape index (κ3) is 5.52. The number of ether oxygens (including phenoxy) is 2. The number of nitrogens with zero attached hydrogens (tertiary/aromatic N) is 1. The topological polar surface area (TPSA) is 84.9 Å². The first-order chi connectivity index (χ1) is 15.3. The monoisotopic (exact) mass is 514 g/mol. The van der Waals surface area contributed by atoms with E-state index in [9.17, 15) is 14.4 Å². The molecule has 1 aliphatic heterocycles. The standard InChI is InChI=1S/C23H19BrN2O5S/c1-4-9-31-21-17(24)10-15(11-18(21)30-3)12-19-22(28)26(23(29)32-19)13-20(27)25-16-7-5-14(2)6-8-16/h1,5-8,10-12H,9,13H2,2-3H3,(H,25,27)/b19-12-. The summed E-state index contributed by atoms with van der Waals surface area (Å²) < 4.78 is 11.4. The van der Waals surface area contributed by atoms with E-state index in [1.165, 1.54) is 7.11 Å². The number of nitrogens with one attached hydrogen (secondary N) is 1. The van der Waals surface area contributed by atoms with E-state index >= 15 is 0 Å². The van der Waals surface area contributed by atoms with E-state index in [2.05, 4.69) is 27.2 Å². The molecule has 0 atom stereocenters. The molecule has 0 bridgehead atoms. The highest BCUT2D eigenvalue weighted by molar-refractivity contribution is 9.10. The number of anilines is 1. The lowest BCUT2D eigenvalue weighted by molar-refractivity contribution is -0.127. The number of amides is 3. The average molecular weight is 515 g/mol. The Kier molecular flexibility index (Phi) is 7.62. The third-order valence-electron chi connectivity index (χ3n) is 4.36. The molecular weight excluding hydrogens is 496 g/mol. The Labute approximate surface area is 198 Å². The molecule has 3 amide bonds. The minimum atomic E-state index is -0.540. The summed E-state index contributed by atoms with van der Waals surface area (Å²) in [6, 6.07) is 10.6. The van der Waals surface area contributed by atoms with Gasteiger partial charge in [-0.25, -0.2) is 0 Å². The molecule has 0 aromatic heterocycles. The zero-order valence-corrected chi connectivity index (χ0v) is 19.7. The van der Waals surface area contributed by atoms with E-state index in [-0.39, 0.29) is 18.1 Å². The number of carbonyl (C=O) groups is 3. The lowest BCUT2D eigenvalue weighted by Gasteiger charge is -2.13. The minimum absolute atomic E-state index is 0.0673. The fraction of sp³-hybridized carbons (Fsp3) is 0.174. The van der Waals surface area contributed by atoms with Crippen LogP contribution in [0.3, 0.4) is 0 Å². The molecule has 2 aromatic carbocycles. The van der Waals surface area contributed by atoms with Gasteiger partial charge in [0.2, 0.25) is 5.91 Å². The molecule has 164 valence electrons. The Bertz CT molecular complexity index is 1140. The summed E-state index contributed by atoms with van der Waals surface area (Å²) in [5, 5.41) is 2.17. The predicted octanol–water partition coefficient (Wildman–Crippen LogP) is 4.45. The molecule has 2 aromatic rings. The maximum absolute atomic E-state index is 12.7. The van der Waals surface area contributed by atoms with Crippen LogP contribution in [0, 0.1) is 19.3 Å². The number of thioether (sulfide) groups is 1. The van der Waals surface area contributed by atoms with Gasteiger partial charge in [0.05, 0.1) is 16.5 Å². The van der Waals surface area contributed by atoms with E-state index in [1.807, 2.05) is 19.1 Å². The van der Waals surface area contributed by atoms with Crippen molar-refractivity contribution in [3.8, 4) is 23.8 Å². The van der Waals surface area contributed by atoms with Crippen molar-refractivity contribution in [2.45, 2.75) is 6.92 Å². The van der Waals surface area contributed by atoms with Crippen LogP contribution in [0.5, 0.6) is 11.5 Å². The molecule has 9 heteroatoms. The van der Waals surface area contributed by atoms with Gasteiger partial charge in [0.1, 0.15) is 13.2 Å². The molecule has 3 rings (SSSR count). The van der Waals surface area contributed by atoms with Gasteiger partial charge < -0.3 is 14.8 Å². The molecule has 32 heavy (non-hydrogen) atoms. The molecule has 7 nitrogen and oxygen atoms in total. The molecule has 0 saturated carbocycles. The summed E-state index contributed by atoms with van der Waals surface area (Å²) in [5.41, 5.74) is 2.25. The zero-order chi connectivity index (χ0) is 23.3. The van der Waals surface area contributed by atoms with Gasteiger partial charge in [-0.1, -0.05) is 23.6 Å². The van der Waals surface area contributed by atoms with Crippen LogP contribution in [0.15, 0.2) is 45.8 Å². The molecule has 1 heterocycles. The summed E-state index contributed by atoms with van der Waals surface area (Å²) in [5.74, 6) is 2.23. The number of carbonyl (C=O) groups excluding carboxylic acids is 3. The Morgan fingerprint density at radius 3 is 2.66 bits per heavy atom. The van der Waals surface area contributed by atoms with Crippen LogP contribution >= 0.6 is 27.7 Å². The normalized spacial score (nSPS) is 14.4. The second kappa shape index (κ2) is 10.4. The largest absolute Gasteiger partial charge is 0.493 e. The molecule has 0 radical (unpaired) electrons. The van der Waals surface area contributed by atoms with Crippen LogP contribution < -0.4 is 14.8 Å². The smallest absolute Gasteiger partial charge is 0.294 e. The number of aryl methyl sites for hydroxylation is 1. The number of benzene rings is 2. The van der Waals surface area contributed by atoms with Crippen LogP contribution in [-0.4, -0.2) is 42.2 Å². The van der Waals surface area contributed by atoms with Gasteiger partial charge >= 0.3 is 0 Å². The number of terminal acetylenes is 1. The SMILES string of the molecule is C#CCOc1c(Br)cc(/C=C2\SC(=O)N(CC(=O)Nc3ccc(C)cc3)C2=O)cc1OC. The number of methoxy groups -OCH3 is 1. The lowest BCUT2D eigenvalue weighted by atomic mass is 10.2. The highest BCUT2D eigenvalue weighted by Gasteiger charge is 2.36. The maximum Gasteiger partial charge on any atom is 0.294 e. The number of imide groups is 1. The van der Waals surface area contributed by atoms with Crippen molar-refractivity contribution in [1.29, 1.82) is 0 Å². The molecule has 1 N–H and O–H groups in total. The first-order valence-corrected chi connectivity index (χ1v) is 11.0. The second-order valence-corrected chi connectivity index (χ2v) is 8.56. The second-order valence-electron chi connectivity index (χ2n) is 6.71. The summed E-state index contributed by atoms with van der Waals surface area (Å²) in [6.07, 6.45) is 6.79. The predicted molar refractivity (Wildman–Crippen MR) is 128 cm³/mol. The molecule has 0 unspecified atom stereocenters. The highest BCUT2D eigenvalue weighted by atomic mass is 79.9. The molecular formula is C23H19BrN2O5S. The van der Waals surface area contributed by atoms with Crippen molar-refractivity contribution in [3.05, 3.63) is 56.9 Å². The van der Waals surface area contributed by atoms with Crippen LogP contribution in [0.2, 0.25) is 0 Å². The van der Waals surface area contributed by atoms with Crippen molar-refractivity contribution in [3.63, 3.8) is 0 Å². The third-order valence-corrected chi connectivity index (χ3v) is 5.86. The van der Waals surface area contributed by atoms with Gasteiger partial charge in [-0.05, 0) is 70.5 Å². The average Bonchev–Trinajstić information content (AvgIpc) is 3.01. The van der Waals surface area contributed by atoms with E-state index < -0.39 is 17.1 Å². The molecule has 1 aliphatic rings.